The van der Waals surface area contributed by atoms with E-state index in [-0.39, 0.29) is 17.6 Å². The van der Waals surface area contributed by atoms with E-state index >= 15 is 0 Å². The van der Waals surface area contributed by atoms with Crippen LogP contribution in [0.1, 0.15) is 40.7 Å². The Labute approximate surface area is 179 Å². The predicted molar refractivity (Wildman–Crippen MR) is 118 cm³/mol. The van der Waals surface area contributed by atoms with Gasteiger partial charge in [0.25, 0.3) is 0 Å². The first-order valence-corrected chi connectivity index (χ1v) is 10.8. The number of ether oxygens (including phenoxy) is 2. The number of thiophene rings is 1. The van der Waals surface area contributed by atoms with Crippen molar-refractivity contribution in [3.05, 3.63) is 81.4 Å². The number of anilines is 1. The van der Waals surface area contributed by atoms with E-state index in [9.17, 15) is 4.79 Å². The van der Waals surface area contributed by atoms with Crippen molar-refractivity contribution in [3.8, 4) is 11.5 Å². The van der Waals surface area contributed by atoms with Crippen LogP contribution in [0.5, 0.6) is 11.5 Å². The van der Waals surface area contributed by atoms with Crippen molar-refractivity contribution in [2.45, 2.75) is 24.7 Å². The van der Waals surface area contributed by atoms with E-state index in [0.29, 0.717) is 17.9 Å². The first-order chi connectivity index (χ1) is 14.7. The van der Waals surface area contributed by atoms with Gasteiger partial charge in [0.2, 0.25) is 0 Å². The van der Waals surface area contributed by atoms with E-state index in [1.807, 2.05) is 36.5 Å². The van der Waals surface area contributed by atoms with Crippen LogP contribution in [0.3, 0.4) is 0 Å². The molecule has 5 nitrogen and oxygen atoms in total. The summed E-state index contributed by atoms with van der Waals surface area (Å²) in [5.74, 6) is 1.53. The van der Waals surface area contributed by atoms with Gasteiger partial charge in [-0.05, 0) is 41.1 Å². The second-order valence-corrected chi connectivity index (χ2v) is 8.55. The number of pyridine rings is 1. The molecule has 1 aliphatic carbocycles. The molecule has 3 heterocycles. The minimum atomic E-state index is -0.179. The summed E-state index contributed by atoms with van der Waals surface area (Å²) in [7, 11) is 3.26. The van der Waals surface area contributed by atoms with Gasteiger partial charge in [0, 0.05) is 58.6 Å². The van der Waals surface area contributed by atoms with Gasteiger partial charge in [-0.25, -0.2) is 0 Å². The van der Waals surface area contributed by atoms with Gasteiger partial charge in [0.15, 0.2) is 17.3 Å². The Bertz CT molecular complexity index is 1120. The molecule has 0 spiro atoms. The number of allylic oxidation sites excluding steroid dienone is 2. The van der Waals surface area contributed by atoms with Crippen LogP contribution in [0.25, 0.3) is 0 Å². The van der Waals surface area contributed by atoms with Crippen LogP contribution in [-0.2, 0) is 4.79 Å². The molecule has 0 saturated heterocycles. The van der Waals surface area contributed by atoms with Crippen LogP contribution < -0.4 is 14.8 Å². The molecule has 2 unspecified atom stereocenters. The van der Waals surface area contributed by atoms with E-state index in [1.54, 1.807) is 31.8 Å². The van der Waals surface area contributed by atoms with Crippen LogP contribution in [0, 0.1) is 0 Å². The Morgan fingerprint density at radius 1 is 1.10 bits per heavy atom. The highest BCUT2D eigenvalue weighted by atomic mass is 32.1. The number of nitrogens with one attached hydrogen (secondary N) is 1. The average molecular weight is 419 g/mol. The largest absolute Gasteiger partial charge is 0.493 e. The summed E-state index contributed by atoms with van der Waals surface area (Å²) in [6.07, 6.45) is 4.94. The lowest BCUT2D eigenvalue weighted by molar-refractivity contribution is -0.116. The van der Waals surface area contributed by atoms with Gasteiger partial charge in [-0.15, -0.1) is 11.3 Å². The lowest BCUT2D eigenvalue weighted by atomic mass is 9.73. The summed E-state index contributed by atoms with van der Waals surface area (Å²) in [6.45, 7) is 0. The first-order valence-electron chi connectivity index (χ1n) is 9.92. The normalized spacial score (nSPS) is 20.3. The van der Waals surface area contributed by atoms with Gasteiger partial charge in [0.05, 0.1) is 14.2 Å². The third-order valence-corrected chi connectivity index (χ3v) is 6.95. The van der Waals surface area contributed by atoms with E-state index in [4.69, 9.17) is 9.47 Å². The predicted octanol–water partition coefficient (Wildman–Crippen LogP) is 5.12. The Balaban J connectivity index is 1.67. The molecule has 2 aromatic heterocycles. The number of aromatic nitrogens is 1. The van der Waals surface area contributed by atoms with Crippen molar-refractivity contribution in [3.63, 3.8) is 0 Å². The number of hydrogen-bond acceptors (Lipinski definition) is 6. The Hall–Kier alpha value is -3.12. The molecule has 1 N–H and O–H groups in total. The van der Waals surface area contributed by atoms with E-state index in [0.717, 1.165) is 34.5 Å². The summed E-state index contributed by atoms with van der Waals surface area (Å²) in [4.78, 5) is 19.0. The molecule has 0 fully saturated rings. The second kappa shape index (κ2) is 7.61. The fourth-order valence-corrected chi connectivity index (χ4v) is 5.39. The zero-order chi connectivity index (χ0) is 20.7. The number of Topliss-reactive ketones (excluding diaryl/α,β-unsaturated/α-hetero) is 1. The van der Waals surface area contributed by atoms with E-state index in [1.165, 1.54) is 4.88 Å². The summed E-state index contributed by atoms with van der Waals surface area (Å²) in [5.41, 5.74) is 4.79. The van der Waals surface area contributed by atoms with Gasteiger partial charge in [0.1, 0.15) is 0 Å². The number of methoxy groups -OCH3 is 2. The topological polar surface area (TPSA) is 60.5 Å². The Morgan fingerprint density at radius 2 is 1.93 bits per heavy atom. The molecule has 0 radical (unpaired) electrons. The summed E-state index contributed by atoms with van der Waals surface area (Å²) in [6, 6.07) is 12.1. The maximum absolute atomic E-state index is 13.4. The van der Waals surface area contributed by atoms with Gasteiger partial charge in [-0.1, -0.05) is 12.1 Å². The molecule has 0 bridgehead atoms. The number of ketones is 1. The molecule has 2 atom stereocenters. The highest BCUT2D eigenvalue weighted by Crippen LogP contribution is 2.50. The minimum Gasteiger partial charge on any atom is -0.493 e. The highest BCUT2D eigenvalue weighted by Gasteiger charge is 2.39. The molecular weight excluding hydrogens is 396 g/mol. The Morgan fingerprint density at radius 3 is 2.63 bits per heavy atom. The molecule has 3 aromatic rings. The average Bonchev–Trinajstić information content (AvgIpc) is 3.32. The zero-order valence-corrected chi connectivity index (χ0v) is 17.7. The van der Waals surface area contributed by atoms with E-state index in [2.05, 4.69) is 21.7 Å². The van der Waals surface area contributed by atoms with Crippen LogP contribution >= 0.6 is 11.3 Å². The maximum atomic E-state index is 13.4. The monoisotopic (exact) mass is 418 g/mol. The molecule has 0 amide bonds. The summed E-state index contributed by atoms with van der Waals surface area (Å²) in [5, 5.41) is 5.63. The lowest BCUT2D eigenvalue weighted by Gasteiger charge is -2.36. The van der Waals surface area contributed by atoms with E-state index < -0.39 is 0 Å². The third-order valence-electron chi connectivity index (χ3n) is 5.91. The fraction of sp³-hybridized carbons (Fsp3) is 0.250. The zero-order valence-electron chi connectivity index (χ0n) is 16.8. The van der Waals surface area contributed by atoms with Crippen molar-refractivity contribution in [1.29, 1.82) is 0 Å². The molecule has 152 valence electrons. The number of carbonyl (C=O) groups excluding carboxylic acids is 1. The highest BCUT2D eigenvalue weighted by molar-refractivity contribution is 7.10. The maximum Gasteiger partial charge on any atom is 0.162 e. The molecular formula is C24H22N2O3S. The van der Waals surface area contributed by atoms with Crippen molar-refractivity contribution >= 4 is 22.8 Å². The molecule has 2 aliphatic rings. The van der Waals surface area contributed by atoms with Crippen LogP contribution in [0.4, 0.5) is 5.69 Å². The molecule has 6 heteroatoms. The molecule has 0 saturated carbocycles. The van der Waals surface area contributed by atoms with Gasteiger partial charge in [-0.2, -0.15) is 0 Å². The molecule has 1 aromatic carbocycles. The Kier molecular flexibility index (Phi) is 4.79. The first kappa shape index (κ1) is 18.9. The summed E-state index contributed by atoms with van der Waals surface area (Å²) < 4.78 is 11.1. The lowest BCUT2D eigenvalue weighted by Crippen LogP contribution is -2.29. The molecule has 5 rings (SSSR count). The number of fused-ring (bicyclic) bond motifs is 1. The number of carbonyl (C=O) groups is 1. The number of rotatable bonds is 4. The number of nitrogens with zero attached hydrogens (tertiary/aromatic N) is 1. The minimum absolute atomic E-state index is 0.179. The second-order valence-electron chi connectivity index (χ2n) is 7.57. The SMILES string of the molecule is COc1cc2c(cc1OC)C(c1cccnc1)C1=C(CC(c3cccs3)CC1=O)N2. The van der Waals surface area contributed by atoms with Crippen molar-refractivity contribution in [1.82, 2.24) is 4.98 Å². The van der Waals surface area contributed by atoms with Crippen molar-refractivity contribution in [2.24, 2.45) is 0 Å². The van der Waals surface area contributed by atoms with Crippen LogP contribution in [0.15, 0.2) is 65.4 Å². The third kappa shape index (κ3) is 3.08. The summed E-state index contributed by atoms with van der Waals surface area (Å²) >= 11 is 1.72. The smallest absolute Gasteiger partial charge is 0.162 e. The van der Waals surface area contributed by atoms with Crippen LogP contribution in [0.2, 0.25) is 0 Å². The number of hydrogen-bond donors (Lipinski definition) is 1. The standard InChI is InChI=1S/C24H22N2O3S/c1-28-20-11-16-17(12-21(20)29-2)26-18-9-15(22-6-4-8-30-22)10-19(27)24(18)23(16)14-5-3-7-25-13-14/h3-8,11-13,15,23,26H,9-10H2,1-2H3. The van der Waals surface area contributed by atoms with Gasteiger partial charge in [-0.3, -0.25) is 9.78 Å². The quantitative estimate of drug-likeness (QED) is 0.637. The van der Waals surface area contributed by atoms with Crippen molar-refractivity contribution < 1.29 is 14.3 Å². The van der Waals surface area contributed by atoms with Gasteiger partial charge >= 0.3 is 0 Å². The van der Waals surface area contributed by atoms with Crippen molar-refractivity contribution in [2.75, 3.05) is 19.5 Å². The molecule has 30 heavy (non-hydrogen) atoms. The van der Waals surface area contributed by atoms with Gasteiger partial charge < -0.3 is 14.8 Å². The van der Waals surface area contributed by atoms with Crippen LogP contribution in [-0.4, -0.2) is 25.0 Å². The molecule has 1 aliphatic heterocycles. The fourth-order valence-electron chi connectivity index (χ4n) is 4.56. The number of benzene rings is 1.